The average molecular weight is 237 g/mol. The van der Waals surface area contributed by atoms with E-state index < -0.39 is 5.91 Å². The zero-order valence-corrected chi connectivity index (χ0v) is 9.84. The topological polar surface area (TPSA) is 92.3 Å². The molecule has 0 aliphatic carbocycles. The van der Waals surface area contributed by atoms with Crippen LogP contribution in [0.4, 0.5) is 0 Å². The van der Waals surface area contributed by atoms with Gasteiger partial charge in [0.05, 0.1) is 6.54 Å². The Morgan fingerprint density at radius 2 is 2.29 bits per heavy atom. The first kappa shape index (κ1) is 11.6. The highest BCUT2D eigenvalue weighted by atomic mass is 16.4. The second-order valence-corrected chi connectivity index (χ2v) is 4.44. The molecule has 1 fully saturated rings. The van der Waals surface area contributed by atoms with Gasteiger partial charge in [0.25, 0.3) is 5.91 Å². The van der Waals surface area contributed by atoms with E-state index in [1.54, 1.807) is 4.90 Å². The molecule has 7 nitrogen and oxygen atoms in total. The van der Waals surface area contributed by atoms with Crippen molar-refractivity contribution in [3.63, 3.8) is 0 Å². The van der Waals surface area contributed by atoms with Gasteiger partial charge in [-0.25, -0.2) is 0 Å². The largest absolute Gasteiger partial charge is 0.410 e. The van der Waals surface area contributed by atoms with Gasteiger partial charge < -0.3 is 5.21 Å². The first-order chi connectivity index (χ1) is 8.06. The predicted octanol–water partition coefficient (Wildman–Crippen LogP) is -0.0363. The van der Waals surface area contributed by atoms with E-state index in [1.807, 2.05) is 13.8 Å². The summed E-state index contributed by atoms with van der Waals surface area (Å²) in [4.78, 5) is 19.2. The molecule has 2 N–H and O–H groups in total. The normalized spacial score (nSPS) is 22.5. The maximum atomic E-state index is 11.9. The number of amidine groups is 1. The van der Waals surface area contributed by atoms with Crippen molar-refractivity contribution in [2.24, 2.45) is 16.1 Å². The van der Waals surface area contributed by atoms with Gasteiger partial charge in [-0.1, -0.05) is 19.0 Å². The van der Waals surface area contributed by atoms with Gasteiger partial charge in [-0.15, -0.1) is 0 Å². The summed E-state index contributed by atoms with van der Waals surface area (Å²) < 4.78 is 0. The lowest BCUT2D eigenvalue weighted by molar-refractivity contribution is -0.120. The van der Waals surface area contributed by atoms with Crippen molar-refractivity contribution in [2.45, 2.75) is 13.8 Å². The molecule has 2 rings (SSSR count). The Bertz CT molecular complexity index is 426. The zero-order valence-electron chi connectivity index (χ0n) is 9.84. The number of nitrogens with one attached hydrogen (secondary N) is 1. The molecule has 0 aromatic heterocycles. The second-order valence-electron chi connectivity index (χ2n) is 4.44. The van der Waals surface area contributed by atoms with Crippen molar-refractivity contribution in [3.05, 3.63) is 0 Å². The molecule has 7 heteroatoms. The van der Waals surface area contributed by atoms with Crippen LogP contribution in [-0.4, -0.2) is 58.1 Å². The molecule has 1 amide bonds. The van der Waals surface area contributed by atoms with E-state index in [2.05, 4.69) is 10.1 Å². The molecule has 17 heavy (non-hydrogen) atoms. The van der Waals surface area contributed by atoms with E-state index in [9.17, 15) is 4.79 Å². The first-order valence-electron chi connectivity index (χ1n) is 5.51. The minimum absolute atomic E-state index is 0.0805. The number of oxime groups is 1. The lowest BCUT2D eigenvalue weighted by atomic mass is 10.1. The number of nitrogens with zero attached hydrogens (tertiary/aromatic N) is 4. The Hall–Kier alpha value is -1.92. The number of carbonyl (C=O) groups is 1. The highest BCUT2D eigenvalue weighted by molar-refractivity contribution is 6.69. The third-order valence-electron chi connectivity index (χ3n) is 2.65. The van der Waals surface area contributed by atoms with Crippen molar-refractivity contribution in [1.82, 2.24) is 9.80 Å². The van der Waals surface area contributed by atoms with E-state index >= 15 is 0 Å². The van der Waals surface area contributed by atoms with Crippen LogP contribution in [0, 0.1) is 11.3 Å². The minimum atomic E-state index is -0.450. The van der Waals surface area contributed by atoms with E-state index in [0.29, 0.717) is 31.5 Å². The Kier molecular flexibility index (Phi) is 2.83. The Balaban J connectivity index is 2.37. The smallest absolute Gasteiger partial charge is 0.286 e. The van der Waals surface area contributed by atoms with Crippen molar-refractivity contribution in [2.75, 3.05) is 19.6 Å². The van der Waals surface area contributed by atoms with Crippen LogP contribution >= 0.6 is 0 Å². The molecule has 0 spiro atoms. The van der Waals surface area contributed by atoms with Crippen LogP contribution in [0.5, 0.6) is 0 Å². The molecule has 0 radical (unpaired) electrons. The SMILES string of the molecule is CC(C)CN1C(=N)C(=NO)C(=O)N2CCN=C12. The molecular formula is C10H15N5O2. The van der Waals surface area contributed by atoms with E-state index in [1.165, 1.54) is 4.90 Å². The summed E-state index contributed by atoms with van der Waals surface area (Å²) in [5.74, 6) is 0.284. The molecule has 1 saturated heterocycles. The maximum Gasteiger partial charge on any atom is 0.286 e. The third-order valence-corrected chi connectivity index (χ3v) is 2.65. The van der Waals surface area contributed by atoms with Gasteiger partial charge in [0.1, 0.15) is 0 Å². The van der Waals surface area contributed by atoms with E-state index in [4.69, 9.17) is 10.6 Å². The lowest BCUT2D eigenvalue weighted by Gasteiger charge is -2.35. The zero-order chi connectivity index (χ0) is 12.6. The number of amides is 1. The summed E-state index contributed by atoms with van der Waals surface area (Å²) >= 11 is 0. The summed E-state index contributed by atoms with van der Waals surface area (Å²) in [5, 5.41) is 19.7. The molecule has 2 aliphatic rings. The molecule has 2 heterocycles. The quantitative estimate of drug-likeness (QED) is 0.521. The molecular weight excluding hydrogens is 222 g/mol. The average Bonchev–Trinajstić information content (AvgIpc) is 2.73. The van der Waals surface area contributed by atoms with Crippen LogP contribution in [-0.2, 0) is 4.79 Å². The molecule has 0 saturated carbocycles. The predicted molar refractivity (Wildman–Crippen MR) is 62.5 cm³/mol. The number of carbonyl (C=O) groups excluding carboxylic acids is 1. The standard InChI is InChI=1S/C10H15N5O2/c1-6(2)5-15-8(11)7(13-17)9(16)14-4-3-12-10(14)15/h6,11,17H,3-5H2,1-2H3. The molecule has 0 atom stereocenters. The van der Waals surface area contributed by atoms with Gasteiger partial charge in [-0.05, 0) is 5.92 Å². The number of hydrogen-bond donors (Lipinski definition) is 2. The second kappa shape index (κ2) is 4.15. The highest BCUT2D eigenvalue weighted by Gasteiger charge is 2.41. The minimum Gasteiger partial charge on any atom is -0.410 e. The molecule has 2 aliphatic heterocycles. The highest BCUT2D eigenvalue weighted by Crippen LogP contribution is 2.16. The van der Waals surface area contributed by atoms with Gasteiger partial charge in [-0.2, -0.15) is 0 Å². The number of fused-ring (bicyclic) bond motifs is 1. The van der Waals surface area contributed by atoms with Crippen LogP contribution in [0.25, 0.3) is 0 Å². The van der Waals surface area contributed by atoms with E-state index in [0.717, 1.165) is 0 Å². The van der Waals surface area contributed by atoms with Gasteiger partial charge >= 0.3 is 0 Å². The molecule has 0 bridgehead atoms. The number of aliphatic imine (C=N–C) groups is 1. The summed E-state index contributed by atoms with van der Waals surface area (Å²) in [7, 11) is 0. The monoisotopic (exact) mass is 237 g/mol. The molecule has 0 aromatic carbocycles. The van der Waals surface area contributed by atoms with Crippen molar-refractivity contribution >= 4 is 23.4 Å². The number of hydrogen-bond acceptors (Lipinski definition) is 5. The fourth-order valence-electron chi connectivity index (χ4n) is 1.94. The van der Waals surface area contributed by atoms with E-state index in [-0.39, 0.29) is 11.5 Å². The first-order valence-corrected chi connectivity index (χ1v) is 5.51. The molecule has 0 aromatic rings. The van der Waals surface area contributed by atoms with Crippen molar-refractivity contribution in [1.29, 1.82) is 5.41 Å². The van der Waals surface area contributed by atoms with Crippen LogP contribution in [0.3, 0.4) is 0 Å². The summed E-state index contributed by atoms with van der Waals surface area (Å²) in [5.41, 5.74) is -0.216. The fraction of sp³-hybridized carbons (Fsp3) is 0.600. The molecule has 0 unspecified atom stereocenters. The Morgan fingerprint density at radius 1 is 1.59 bits per heavy atom. The van der Waals surface area contributed by atoms with Crippen LogP contribution in [0.15, 0.2) is 10.1 Å². The van der Waals surface area contributed by atoms with Gasteiger partial charge in [0, 0.05) is 13.1 Å². The number of rotatable bonds is 2. The Morgan fingerprint density at radius 3 is 2.88 bits per heavy atom. The van der Waals surface area contributed by atoms with Gasteiger partial charge in [0.15, 0.2) is 5.84 Å². The van der Waals surface area contributed by atoms with Crippen molar-refractivity contribution in [3.8, 4) is 0 Å². The lowest BCUT2D eigenvalue weighted by Crippen LogP contribution is -2.59. The maximum absolute atomic E-state index is 11.9. The summed E-state index contributed by atoms with van der Waals surface area (Å²) in [6, 6.07) is 0. The van der Waals surface area contributed by atoms with Crippen LogP contribution in [0.1, 0.15) is 13.8 Å². The fourth-order valence-corrected chi connectivity index (χ4v) is 1.94. The summed E-state index contributed by atoms with van der Waals surface area (Å²) in [6.07, 6.45) is 0. The number of guanidine groups is 1. The van der Waals surface area contributed by atoms with Gasteiger partial charge in [0.2, 0.25) is 11.7 Å². The summed E-state index contributed by atoms with van der Waals surface area (Å²) in [6.45, 7) is 5.61. The third kappa shape index (κ3) is 1.77. The Labute approximate surface area is 98.9 Å². The van der Waals surface area contributed by atoms with Crippen LogP contribution in [0.2, 0.25) is 0 Å². The van der Waals surface area contributed by atoms with Crippen LogP contribution < -0.4 is 0 Å². The van der Waals surface area contributed by atoms with Crippen molar-refractivity contribution < 1.29 is 10.0 Å². The van der Waals surface area contributed by atoms with Gasteiger partial charge in [-0.3, -0.25) is 25.0 Å². The molecule has 92 valence electrons.